The van der Waals surface area contributed by atoms with Crippen LogP contribution in [0.1, 0.15) is 34.6 Å². The van der Waals surface area contributed by atoms with Crippen LogP contribution in [0.2, 0.25) is 0 Å². The fourth-order valence-corrected chi connectivity index (χ4v) is 2.51. The summed E-state index contributed by atoms with van der Waals surface area (Å²) in [6.45, 7) is 5.42. The average Bonchev–Trinajstić information content (AvgIpc) is 2.56. The molecule has 162 valence electrons. The Morgan fingerprint density at radius 3 is 1.76 bits per heavy atom. The standard InChI is InChI=1S/C18H24O11/c1-9(19)6-7-24-18-17(28-13(5)23)16(27-12(4)22)15(26-11(3)21)14(29-18)8-25-10(2)20/h6-7,14-18H,8H2,1-5H3/b7-6+/t14-,15-,16+,17-,18-/m1/s1. The lowest BCUT2D eigenvalue weighted by atomic mass is 9.98. The second kappa shape index (κ2) is 11.1. The highest BCUT2D eigenvalue weighted by molar-refractivity contribution is 5.86. The van der Waals surface area contributed by atoms with Gasteiger partial charge in [0.2, 0.25) is 12.4 Å². The first-order valence-corrected chi connectivity index (χ1v) is 8.64. The van der Waals surface area contributed by atoms with Gasteiger partial charge < -0.3 is 28.4 Å². The van der Waals surface area contributed by atoms with Gasteiger partial charge in [0, 0.05) is 33.8 Å². The Kier molecular flexibility index (Phi) is 9.26. The van der Waals surface area contributed by atoms with Crippen molar-refractivity contribution in [2.24, 2.45) is 0 Å². The predicted molar refractivity (Wildman–Crippen MR) is 92.9 cm³/mol. The molecule has 1 fully saturated rings. The first kappa shape index (κ1) is 24.1. The van der Waals surface area contributed by atoms with Crippen molar-refractivity contribution < 1.29 is 52.4 Å². The molecule has 1 saturated heterocycles. The Balaban J connectivity index is 3.29. The molecule has 11 heteroatoms. The lowest BCUT2D eigenvalue weighted by Gasteiger charge is -2.43. The SMILES string of the molecule is CC(=O)/C=C/O[C@@H]1O[C@H](COC(C)=O)[C@@H](OC(C)=O)[C@H](OC(C)=O)[C@H]1OC(C)=O. The zero-order valence-electron chi connectivity index (χ0n) is 16.7. The van der Waals surface area contributed by atoms with E-state index in [1.54, 1.807) is 0 Å². The minimum Gasteiger partial charge on any atom is -0.468 e. The highest BCUT2D eigenvalue weighted by Gasteiger charge is 2.53. The quantitative estimate of drug-likeness (QED) is 0.232. The minimum atomic E-state index is -1.36. The van der Waals surface area contributed by atoms with Gasteiger partial charge in [0.05, 0.1) is 6.26 Å². The van der Waals surface area contributed by atoms with Crippen LogP contribution in [0.4, 0.5) is 0 Å². The summed E-state index contributed by atoms with van der Waals surface area (Å²) in [4.78, 5) is 57.1. The third kappa shape index (κ3) is 8.30. The van der Waals surface area contributed by atoms with Crippen LogP contribution in [-0.2, 0) is 52.4 Å². The van der Waals surface area contributed by atoms with Crippen LogP contribution in [0.25, 0.3) is 0 Å². The summed E-state index contributed by atoms with van der Waals surface area (Å²) in [5.41, 5.74) is 0. The maximum Gasteiger partial charge on any atom is 0.303 e. The van der Waals surface area contributed by atoms with Crippen molar-refractivity contribution in [2.45, 2.75) is 65.3 Å². The average molecular weight is 416 g/mol. The Morgan fingerprint density at radius 1 is 0.759 bits per heavy atom. The van der Waals surface area contributed by atoms with Crippen LogP contribution in [0.5, 0.6) is 0 Å². The van der Waals surface area contributed by atoms with Crippen molar-refractivity contribution in [1.29, 1.82) is 0 Å². The summed E-state index contributed by atoms with van der Waals surface area (Å²) in [5, 5.41) is 0. The van der Waals surface area contributed by atoms with Crippen LogP contribution in [0.3, 0.4) is 0 Å². The number of carbonyl (C=O) groups excluding carboxylic acids is 5. The van der Waals surface area contributed by atoms with Gasteiger partial charge in [0.15, 0.2) is 18.0 Å². The molecule has 0 unspecified atom stereocenters. The van der Waals surface area contributed by atoms with Crippen LogP contribution in [0.15, 0.2) is 12.3 Å². The largest absolute Gasteiger partial charge is 0.468 e. The number of carbonyl (C=O) groups is 5. The zero-order chi connectivity index (χ0) is 22.1. The monoisotopic (exact) mass is 416 g/mol. The molecule has 0 saturated carbocycles. The summed E-state index contributed by atoms with van der Waals surface area (Å²) >= 11 is 0. The highest BCUT2D eigenvalue weighted by Crippen LogP contribution is 2.30. The Bertz CT molecular complexity index is 669. The molecule has 1 rings (SSSR count). The van der Waals surface area contributed by atoms with E-state index in [1.165, 1.54) is 13.8 Å². The van der Waals surface area contributed by atoms with Crippen molar-refractivity contribution in [3.8, 4) is 0 Å². The van der Waals surface area contributed by atoms with Gasteiger partial charge in [-0.1, -0.05) is 0 Å². The molecule has 1 aliphatic heterocycles. The van der Waals surface area contributed by atoms with Crippen LogP contribution in [0, 0.1) is 0 Å². The Labute approximate surface area is 167 Å². The Hall–Kier alpha value is -2.95. The van der Waals surface area contributed by atoms with Gasteiger partial charge in [-0.15, -0.1) is 0 Å². The van der Waals surface area contributed by atoms with Crippen molar-refractivity contribution in [1.82, 2.24) is 0 Å². The third-order valence-electron chi connectivity index (χ3n) is 3.46. The molecule has 0 aromatic rings. The van der Waals surface area contributed by atoms with Gasteiger partial charge in [-0.2, -0.15) is 0 Å². The van der Waals surface area contributed by atoms with Crippen molar-refractivity contribution >= 4 is 29.7 Å². The summed E-state index contributed by atoms with van der Waals surface area (Å²) in [7, 11) is 0. The summed E-state index contributed by atoms with van der Waals surface area (Å²) < 4.78 is 31.5. The molecule has 11 nitrogen and oxygen atoms in total. The zero-order valence-corrected chi connectivity index (χ0v) is 16.7. The maximum atomic E-state index is 11.6. The number of hydrogen-bond donors (Lipinski definition) is 0. The van der Waals surface area contributed by atoms with E-state index in [2.05, 4.69) is 0 Å². The van der Waals surface area contributed by atoms with Crippen LogP contribution in [-0.4, -0.2) is 67.0 Å². The summed E-state index contributed by atoms with van der Waals surface area (Å²) in [6.07, 6.45) is -4.30. The van der Waals surface area contributed by atoms with E-state index in [1.807, 2.05) is 0 Å². The molecule has 0 radical (unpaired) electrons. The Morgan fingerprint density at radius 2 is 1.28 bits per heavy atom. The molecule has 0 N–H and O–H groups in total. The van der Waals surface area contributed by atoms with Gasteiger partial charge in [-0.05, 0) is 6.92 Å². The normalized spacial score (nSPS) is 26.3. The molecular formula is C18H24O11. The number of hydrogen-bond acceptors (Lipinski definition) is 11. The lowest BCUT2D eigenvalue weighted by molar-refractivity contribution is -0.297. The van der Waals surface area contributed by atoms with E-state index in [4.69, 9.17) is 28.4 Å². The van der Waals surface area contributed by atoms with Gasteiger partial charge >= 0.3 is 23.9 Å². The second-order valence-corrected chi connectivity index (χ2v) is 6.12. The smallest absolute Gasteiger partial charge is 0.303 e. The molecule has 29 heavy (non-hydrogen) atoms. The molecule has 0 aromatic heterocycles. The molecule has 5 atom stereocenters. The maximum absolute atomic E-state index is 11.6. The minimum absolute atomic E-state index is 0.323. The predicted octanol–water partition coefficient (Wildman–Crippen LogP) is 0.189. The van der Waals surface area contributed by atoms with Crippen molar-refractivity contribution in [2.75, 3.05) is 6.61 Å². The van der Waals surface area contributed by atoms with Crippen molar-refractivity contribution in [3.05, 3.63) is 12.3 Å². The molecule has 0 aliphatic carbocycles. The van der Waals surface area contributed by atoms with E-state index in [-0.39, 0.29) is 12.4 Å². The summed E-state index contributed by atoms with van der Waals surface area (Å²) in [6, 6.07) is 0. The van der Waals surface area contributed by atoms with E-state index >= 15 is 0 Å². The molecule has 0 amide bonds. The number of ether oxygens (including phenoxy) is 6. The second-order valence-electron chi connectivity index (χ2n) is 6.12. The molecule has 1 aliphatic rings. The fraction of sp³-hybridized carbons (Fsp3) is 0.611. The van der Waals surface area contributed by atoms with E-state index in [9.17, 15) is 24.0 Å². The van der Waals surface area contributed by atoms with Crippen molar-refractivity contribution in [3.63, 3.8) is 0 Å². The molecular weight excluding hydrogens is 392 g/mol. The van der Waals surface area contributed by atoms with Gasteiger partial charge in [-0.25, -0.2) is 0 Å². The van der Waals surface area contributed by atoms with Crippen LogP contribution < -0.4 is 0 Å². The highest BCUT2D eigenvalue weighted by atomic mass is 16.7. The van der Waals surface area contributed by atoms with E-state index in [0.717, 1.165) is 33.1 Å². The lowest BCUT2D eigenvalue weighted by Crippen LogP contribution is -2.62. The first-order valence-electron chi connectivity index (χ1n) is 8.64. The van der Waals surface area contributed by atoms with Gasteiger partial charge in [0.1, 0.15) is 12.7 Å². The first-order chi connectivity index (χ1) is 13.5. The third-order valence-corrected chi connectivity index (χ3v) is 3.46. The number of esters is 4. The number of allylic oxidation sites excluding steroid dienone is 1. The summed E-state index contributed by atoms with van der Waals surface area (Å²) in [5.74, 6) is -3.19. The molecule has 0 spiro atoms. The topological polar surface area (TPSA) is 141 Å². The molecule has 1 heterocycles. The fourth-order valence-electron chi connectivity index (χ4n) is 2.51. The van der Waals surface area contributed by atoms with Crippen LogP contribution >= 0.6 is 0 Å². The molecule has 0 bridgehead atoms. The van der Waals surface area contributed by atoms with E-state index in [0.29, 0.717) is 0 Å². The molecule has 0 aromatic carbocycles. The van der Waals surface area contributed by atoms with E-state index < -0.39 is 54.6 Å². The number of ketones is 1. The number of rotatable bonds is 8. The van der Waals surface area contributed by atoms with Gasteiger partial charge in [-0.3, -0.25) is 24.0 Å². The van der Waals surface area contributed by atoms with Gasteiger partial charge in [0.25, 0.3) is 0 Å².